The van der Waals surface area contributed by atoms with E-state index in [4.69, 9.17) is 14.2 Å². The summed E-state index contributed by atoms with van der Waals surface area (Å²) in [5.74, 6) is 0.0406. The van der Waals surface area contributed by atoms with E-state index in [-0.39, 0.29) is 12.2 Å². The molecule has 28 heavy (non-hydrogen) atoms. The van der Waals surface area contributed by atoms with Crippen molar-refractivity contribution < 1.29 is 23.8 Å². The van der Waals surface area contributed by atoms with E-state index >= 15 is 0 Å². The topological polar surface area (TPSA) is 97.7 Å². The fraction of sp³-hybridized carbons (Fsp3) is 0.190. The van der Waals surface area contributed by atoms with Gasteiger partial charge in [-0.1, -0.05) is 0 Å². The summed E-state index contributed by atoms with van der Waals surface area (Å²) >= 11 is 0. The standard InChI is InChI=1S/C21H20N2O5/c1-4-28-21(25)14-5-7-17(8-6-14)23-20(24)16(13-22)11-15-12-18(26-2)9-10-19(15)27-3/h5-12H,4H2,1-3H3,(H,23,24)/b16-11+. The molecule has 2 aromatic rings. The molecule has 0 saturated heterocycles. The summed E-state index contributed by atoms with van der Waals surface area (Å²) in [4.78, 5) is 24.1. The first kappa shape index (κ1) is 20.5. The predicted octanol–water partition coefficient (Wildman–Crippen LogP) is 3.43. The number of ether oxygens (including phenoxy) is 3. The third kappa shape index (κ3) is 5.11. The summed E-state index contributed by atoms with van der Waals surface area (Å²) in [5.41, 5.74) is 1.24. The Balaban J connectivity index is 2.21. The molecular weight excluding hydrogens is 360 g/mol. The van der Waals surface area contributed by atoms with Gasteiger partial charge in [-0.15, -0.1) is 0 Å². The van der Waals surface area contributed by atoms with Crippen LogP contribution in [0.3, 0.4) is 0 Å². The third-order valence-corrected chi connectivity index (χ3v) is 3.76. The molecule has 2 aromatic carbocycles. The van der Waals surface area contributed by atoms with Gasteiger partial charge in [0.2, 0.25) is 0 Å². The number of nitriles is 1. The average molecular weight is 380 g/mol. The van der Waals surface area contributed by atoms with Gasteiger partial charge in [-0.3, -0.25) is 4.79 Å². The zero-order valence-electron chi connectivity index (χ0n) is 15.8. The van der Waals surface area contributed by atoms with Gasteiger partial charge in [0.1, 0.15) is 23.1 Å². The van der Waals surface area contributed by atoms with Crippen molar-refractivity contribution in [3.05, 3.63) is 59.2 Å². The largest absolute Gasteiger partial charge is 0.497 e. The Bertz CT molecular complexity index is 927. The first-order valence-corrected chi connectivity index (χ1v) is 8.44. The summed E-state index contributed by atoms with van der Waals surface area (Å²) in [6.07, 6.45) is 1.42. The van der Waals surface area contributed by atoms with E-state index in [1.165, 1.54) is 32.4 Å². The lowest BCUT2D eigenvalue weighted by Gasteiger charge is -2.09. The van der Waals surface area contributed by atoms with Crippen molar-refractivity contribution in [2.24, 2.45) is 0 Å². The van der Waals surface area contributed by atoms with Crippen LogP contribution < -0.4 is 14.8 Å². The number of hydrogen-bond acceptors (Lipinski definition) is 6. The Morgan fingerprint density at radius 1 is 1.11 bits per heavy atom. The zero-order valence-corrected chi connectivity index (χ0v) is 15.8. The predicted molar refractivity (Wildman–Crippen MR) is 104 cm³/mol. The number of esters is 1. The van der Waals surface area contributed by atoms with Crippen molar-refractivity contribution in [1.29, 1.82) is 5.26 Å². The second-order valence-corrected chi connectivity index (χ2v) is 5.53. The number of nitrogens with zero attached hydrogens (tertiary/aromatic N) is 1. The Labute approximate surface area is 163 Å². The number of amides is 1. The van der Waals surface area contributed by atoms with Crippen LogP contribution in [0.25, 0.3) is 6.08 Å². The molecule has 0 aromatic heterocycles. The first-order valence-electron chi connectivity index (χ1n) is 8.44. The summed E-state index contributed by atoms with van der Waals surface area (Å²) in [5, 5.41) is 12.0. The van der Waals surface area contributed by atoms with E-state index in [1.54, 1.807) is 37.3 Å². The van der Waals surface area contributed by atoms with Gasteiger partial charge in [0.15, 0.2) is 0 Å². The molecule has 0 heterocycles. The van der Waals surface area contributed by atoms with E-state index in [2.05, 4.69) is 5.32 Å². The Kier molecular flexibility index (Phi) is 7.17. The molecule has 0 fully saturated rings. The highest BCUT2D eigenvalue weighted by atomic mass is 16.5. The van der Waals surface area contributed by atoms with E-state index in [1.807, 2.05) is 6.07 Å². The van der Waals surface area contributed by atoms with Gasteiger partial charge in [0.25, 0.3) is 5.91 Å². The number of anilines is 1. The quantitative estimate of drug-likeness (QED) is 0.449. The smallest absolute Gasteiger partial charge is 0.338 e. The normalized spacial score (nSPS) is 10.6. The van der Waals surface area contributed by atoms with Crippen molar-refractivity contribution in [3.63, 3.8) is 0 Å². The highest BCUT2D eigenvalue weighted by Gasteiger charge is 2.13. The summed E-state index contributed by atoms with van der Waals surface area (Å²) in [6.45, 7) is 2.00. The van der Waals surface area contributed by atoms with Crippen molar-refractivity contribution in [1.82, 2.24) is 0 Å². The molecule has 0 aliphatic carbocycles. The van der Waals surface area contributed by atoms with Crippen LogP contribution >= 0.6 is 0 Å². The Hall–Kier alpha value is -3.79. The highest BCUT2D eigenvalue weighted by Crippen LogP contribution is 2.26. The van der Waals surface area contributed by atoms with Crippen LogP contribution in [0.5, 0.6) is 11.5 Å². The van der Waals surface area contributed by atoms with Crippen molar-refractivity contribution in [2.45, 2.75) is 6.92 Å². The van der Waals surface area contributed by atoms with Crippen LogP contribution in [0.2, 0.25) is 0 Å². The molecule has 0 unspecified atom stereocenters. The first-order chi connectivity index (χ1) is 13.5. The molecule has 0 saturated carbocycles. The molecule has 0 aliphatic heterocycles. The molecule has 2 rings (SSSR count). The minimum atomic E-state index is -0.587. The third-order valence-electron chi connectivity index (χ3n) is 3.76. The minimum Gasteiger partial charge on any atom is -0.497 e. The Morgan fingerprint density at radius 2 is 1.82 bits per heavy atom. The average Bonchev–Trinajstić information content (AvgIpc) is 2.72. The van der Waals surface area contributed by atoms with Crippen molar-refractivity contribution in [3.8, 4) is 17.6 Å². The van der Waals surface area contributed by atoms with Crippen LogP contribution in [0.1, 0.15) is 22.8 Å². The van der Waals surface area contributed by atoms with Gasteiger partial charge < -0.3 is 19.5 Å². The number of benzene rings is 2. The highest BCUT2D eigenvalue weighted by molar-refractivity contribution is 6.10. The summed E-state index contributed by atoms with van der Waals surface area (Å²) in [7, 11) is 3.02. The maximum Gasteiger partial charge on any atom is 0.338 e. The lowest BCUT2D eigenvalue weighted by atomic mass is 10.1. The van der Waals surface area contributed by atoms with Gasteiger partial charge in [-0.25, -0.2) is 4.79 Å². The zero-order chi connectivity index (χ0) is 20.5. The maximum atomic E-state index is 12.5. The fourth-order valence-corrected chi connectivity index (χ4v) is 2.36. The van der Waals surface area contributed by atoms with Gasteiger partial charge in [0.05, 0.1) is 26.4 Å². The van der Waals surface area contributed by atoms with E-state index < -0.39 is 11.9 Å². The van der Waals surface area contributed by atoms with Gasteiger partial charge >= 0.3 is 5.97 Å². The SMILES string of the molecule is CCOC(=O)c1ccc(NC(=O)/C(C#N)=C/c2cc(OC)ccc2OC)cc1. The lowest BCUT2D eigenvalue weighted by molar-refractivity contribution is -0.112. The molecule has 0 atom stereocenters. The number of carbonyl (C=O) groups is 2. The lowest BCUT2D eigenvalue weighted by Crippen LogP contribution is -2.13. The van der Waals surface area contributed by atoms with Crippen LogP contribution in [0.4, 0.5) is 5.69 Å². The van der Waals surface area contributed by atoms with Crippen LogP contribution in [0.15, 0.2) is 48.0 Å². The van der Waals surface area contributed by atoms with Crippen molar-refractivity contribution >= 4 is 23.6 Å². The molecule has 1 amide bonds. The second-order valence-electron chi connectivity index (χ2n) is 5.53. The molecule has 0 spiro atoms. The van der Waals surface area contributed by atoms with Gasteiger partial charge in [0, 0.05) is 11.3 Å². The molecule has 144 valence electrons. The fourth-order valence-electron chi connectivity index (χ4n) is 2.36. The summed E-state index contributed by atoms with van der Waals surface area (Å²) < 4.78 is 15.3. The molecule has 0 aliphatic rings. The van der Waals surface area contributed by atoms with E-state index in [9.17, 15) is 14.9 Å². The van der Waals surface area contributed by atoms with Gasteiger partial charge in [-0.05, 0) is 55.5 Å². The number of hydrogen-bond donors (Lipinski definition) is 1. The number of methoxy groups -OCH3 is 2. The Morgan fingerprint density at radius 3 is 2.39 bits per heavy atom. The van der Waals surface area contributed by atoms with E-state index in [0.29, 0.717) is 28.3 Å². The summed E-state index contributed by atoms with van der Waals surface area (Å²) in [6, 6.07) is 13.1. The molecule has 1 N–H and O–H groups in total. The molecule has 7 nitrogen and oxygen atoms in total. The minimum absolute atomic E-state index is 0.110. The maximum absolute atomic E-state index is 12.5. The van der Waals surface area contributed by atoms with Crippen LogP contribution in [-0.4, -0.2) is 32.7 Å². The second kappa shape index (κ2) is 9.78. The number of rotatable bonds is 7. The van der Waals surface area contributed by atoms with Gasteiger partial charge in [-0.2, -0.15) is 5.26 Å². The number of nitrogens with one attached hydrogen (secondary N) is 1. The molecule has 0 radical (unpaired) electrons. The molecule has 0 bridgehead atoms. The molecular formula is C21H20N2O5. The van der Waals surface area contributed by atoms with Crippen LogP contribution in [0, 0.1) is 11.3 Å². The monoisotopic (exact) mass is 380 g/mol. The van der Waals surface area contributed by atoms with Crippen LogP contribution in [-0.2, 0) is 9.53 Å². The van der Waals surface area contributed by atoms with Crippen molar-refractivity contribution in [2.75, 3.05) is 26.1 Å². The number of carbonyl (C=O) groups excluding carboxylic acids is 2. The molecule has 7 heteroatoms. The van der Waals surface area contributed by atoms with E-state index in [0.717, 1.165) is 0 Å².